The highest BCUT2D eigenvalue weighted by molar-refractivity contribution is 7.80. The maximum atomic E-state index is 10.5. The molecule has 0 spiro atoms. The van der Waals surface area contributed by atoms with Gasteiger partial charge in [-0.1, -0.05) is 18.5 Å². The highest BCUT2D eigenvalue weighted by Gasteiger charge is 2.10. The highest BCUT2D eigenvalue weighted by atomic mass is 35.5. The number of thiol groups is 1. The van der Waals surface area contributed by atoms with Gasteiger partial charge in [0.25, 0.3) is 5.69 Å². The van der Waals surface area contributed by atoms with Crippen molar-refractivity contribution in [2.24, 2.45) is 5.92 Å². The van der Waals surface area contributed by atoms with Crippen LogP contribution in [0.3, 0.4) is 0 Å². The van der Waals surface area contributed by atoms with Gasteiger partial charge in [0.2, 0.25) is 0 Å². The van der Waals surface area contributed by atoms with Gasteiger partial charge in [0.05, 0.1) is 16.6 Å². The third kappa shape index (κ3) is 4.74. The van der Waals surface area contributed by atoms with Crippen molar-refractivity contribution >= 4 is 29.9 Å². The summed E-state index contributed by atoms with van der Waals surface area (Å²) in [5.74, 6) is 1.89. The summed E-state index contributed by atoms with van der Waals surface area (Å²) in [6, 6.07) is 4.22. The molecule has 0 saturated heterocycles. The van der Waals surface area contributed by atoms with E-state index in [1.54, 1.807) is 0 Å². The van der Waals surface area contributed by atoms with Crippen LogP contribution in [0, 0.1) is 16.0 Å². The zero-order chi connectivity index (χ0) is 13.5. The number of benzene rings is 1. The number of hydrogen-bond donors (Lipinski definition) is 1. The zero-order valence-corrected chi connectivity index (χ0v) is 11.8. The standard InChI is InChI=1S/C12H16ClNO3S/c1-9(5-7-18)4-6-17-12-3-2-10(14(15)16)8-11(12)13/h2-3,8-9,18H,4-7H2,1H3. The summed E-state index contributed by atoms with van der Waals surface area (Å²) in [4.78, 5) is 10.1. The largest absolute Gasteiger partial charge is 0.492 e. The molecule has 1 unspecified atom stereocenters. The molecule has 100 valence electrons. The number of non-ortho nitro benzene ring substituents is 1. The Kier molecular flexibility index (Phi) is 6.29. The fraction of sp³-hybridized carbons (Fsp3) is 0.500. The summed E-state index contributed by atoms with van der Waals surface area (Å²) in [6.45, 7) is 2.68. The summed E-state index contributed by atoms with van der Waals surface area (Å²) in [5, 5.41) is 10.8. The van der Waals surface area contributed by atoms with Gasteiger partial charge >= 0.3 is 0 Å². The van der Waals surface area contributed by atoms with Crippen LogP contribution in [0.1, 0.15) is 19.8 Å². The Morgan fingerprint density at radius 1 is 1.50 bits per heavy atom. The first-order valence-electron chi connectivity index (χ1n) is 5.72. The van der Waals surface area contributed by atoms with Gasteiger partial charge in [0, 0.05) is 12.1 Å². The zero-order valence-electron chi connectivity index (χ0n) is 10.1. The van der Waals surface area contributed by atoms with E-state index >= 15 is 0 Å². The number of ether oxygens (including phenoxy) is 1. The van der Waals surface area contributed by atoms with Gasteiger partial charge in [-0.25, -0.2) is 0 Å². The molecular formula is C12H16ClNO3S. The van der Waals surface area contributed by atoms with Crippen molar-refractivity contribution in [1.29, 1.82) is 0 Å². The highest BCUT2D eigenvalue weighted by Crippen LogP contribution is 2.28. The molecule has 0 bridgehead atoms. The summed E-state index contributed by atoms with van der Waals surface area (Å²) in [5.41, 5.74) is -0.0317. The molecular weight excluding hydrogens is 274 g/mol. The molecule has 6 heteroatoms. The minimum absolute atomic E-state index is 0.0317. The van der Waals surface area contributed by atoms with Crippen LogP contribution in [0.25, 0.3) is 0 Å². The molecule has 0 radical (unpaired) electrons. The minimum Gasteiger partial charge on any atom is -0.492 e. The molecule has 0 aliphatic carbocycles. The molecule has 0 aliphatic rings. The fourth-order valence-electron chi connectivity index (χ4n) is 1.46. The van der Waals surface area contributed by atoms with Crippen LogP contribution in [0.4, 0.5) is 5.69 Å². The van der Waals surface area contributed by atoms with E-state index < -0.39 is 4.92 Å². The topological polar surface area (TPSA) is 52.4 Å². The molecule has 0 amide bonds. The van der Waals surface area contributed by atoms with Gasteiger partial charge in [0.15, 0.2) is 0 Å². The molecule has 1 atom stereocenters. The van der Waals surface area contributed by atoms with Crippen LogP contribution in [0.15, 0.2) is 18.2 Å². The summed E-state index contributed by atoms with van der Waals surface area (Å²) >= 11 is 10.1. The first kappa shape index (κ1) is 15.1. The number of halogens is 1. The lowest BCUT2D eigenvalue weighted by molar-refractivity contribution is -0.384. The van der Waals surface area contributed by atoms with Crippen LogP contribution >= 0.6 is 24.2 Å². The van der Waals surface area contributed by atoms with Crippen molar-refractivity contribution < 1.29 is 9.66 Å². The Morgan fingerprint density at radius 3 is 2.78 bits per heavy atom. The van der Waals surface area contributed by atoms with E-state index in [0.717, 1.165) is 18.6 Å². The van der Waals surface area contributed by atoms with Crippen molar-refractivity contribution in [1.82, 2.24) is 0 Å². The van der Waals surface area contributed by atoms with Crippen LogP contribution in [-0.4, -0.2) is 17.3 Å². The van der Waals surface area contributed by atoms with Gasteiger partial charge < -0.3 is 4.74 Å². The second-order valence-corrected chi connectivity index (χ2v) is 4.98. The predicted molar refractivity (Wildman–Crippen MR) is 75.9 cm³/mol. The number of rotatable bonds is 7. The predicted octanol–water partition coefficient (Wildman–Crippen LogP) is 3.97. The number of nitro groups is 1. The molecule has 4 nitrogen and oxygen atoms in total. The molecule has 0 N–H and O–H groups in total. The molecule has 18 heavy (non-hydrogen) atoms. The normalized spacial score (nSPS) is 12.2. The Hall–Kier alpha value is -0.940. The van der Waals surface area contributed by atoms with Crippen LogP contribution < -0.4 is 4.74 Å². The number of nitro benzene ring substituents is 1. The second-order valence-electron chi connectivity index (χ2n) is 4.13. The van der Waals surface area contributed by atoms with Crippen LogP contribution in [-0.2, 0) is 0 Å². The Balaban J connectivity index is 2.50. The Labute approximate surface area is 117 Å². The maximum Gasteiger partial charge on any atom is 0.271 e. The van der Waals surface area contributed by atoms with Gasteiger partial charge in [-0.2, -0.15) is 12.6 Å². The fourth-order valence-corrected chi connectivity index (χ4v) is 2.13. The number of hydrogen-bond acceptors (Lipinski definition) is 4. The van der Waals surface area contributed by atoms with Crippen molar-refractivity contribution in [3.63, 3.8) is 0 Å². The SMILES string of the molecule is CC(CCS)CCOc1ccc([N+](=O)[O-])cc1Cl. The van der Waals surface area contributed by atoms with E-state index in [9.17, 15) is 10.1 Å². The number of nitrogens with zero attached hydrogens (tertiary/aromatic N) is 1. The van der Waals surface area contributed by atoms with E-state index in [1.807, 2.05) is 0 Å². The Morgan fingerprint density at radius 2 is 2.22 bits per heavy atom. The van der Waals surface area contributed by atoms with Gasteiger partial charge in [-0.3, -0.25) is 10.1 Å². The summed E-state index contributed by atoms with van der Waals surface area (Å²) in [6.07, 6.45) is 1.95. The van der Waals surface area contributed by atoms with Crippen molar-refractivity contribution in [3.05, 3.63) is 33.3 Å². The maximum absolute atomic E-state index is 10.5. The average molecular weight is 290 g/mol. The minimum atomic E-state index is -0.482. The van der Waals surface area contributed by atoms with Crippen molar-refractivity contribution in [2.45, 2.75) is 19.8 Å². The molecule has 0 aromatic heterocycles. The quantitative estimate of drug-likeness (QED) is 0.469. The Bertz CT molecular complexity index is 414. The van der Waals surface area contributed by atoms with Crippen molar-refractivity contribution in [2.75, 3.05) is 12.4 Å². The third-order valence-corrected chi connectivity index (χ3v) is 3.17. The lowest BCUT2D eigenvalue weighted by atomic mass is 10.1. The van der Waals surface area contributed by atoms with Crippen LogP contribution in [0.5, 0.6) is 5.75 Å². The van der Waals surface area contributed by atoms with Crippen molar-refractivity contribution in [3.8, 4) is 5.75 Å². The molecule has 1 aromatic rings. The summed E-state index contributed by atoms with van der Waals surface area (Å²) in [7, 11) is 0. The first-order valence-corrected chi connectivity index (χ1v) is 6.73. The first-order chi connectivity index (χ1) is 8.54. The van der Waals surface area contributed by atoms with E-state index in [2.05, 4.69) is 19.6 Å². The van der Waals surface area contributed by atoms with Gasteiger partial charge in [-0.15, -0.1) is 0 Å². The smallest absolute Gasteiger partial charge is 0.271 e. The van der Waals surface area contributed by atoms with E-state index in [4.69, 9.17) is 16.3 Å². The van der Waals surface area contributed by atoms with Gasteiger partial charge in [-0.05, 0) is 30.6 Å². The molecule has 1 rings (SSSR count). The molecule has 1 aromatic carbocycles. The lowest BCUT2D eigenvalue weighted by Crippen LogP contribution is -2.05. The lowest BCUT2D eigenvalue weighted by Gasteiger charge is -2.11. The van der Waals surface area contributed by atoms with E-state index in [1.165, 1.54) is 18.2 Å². The molecule has 0 heterocycles. The molecule has 0 saturated carbocycles. The van der Waals surface area contributed by atoms with E-state index in [0.29, 0.717) is 18.3 Å². The van der Waals surface area contributed by atoms with Gasteiger partial charge in [0.1, 0.15) is 5.75 Å². The van der Waals surface area contributed by atoms with E-state index in [-0.39, 0.29) is 10.7 Å². The molecule has 0 aliphatic heterocycles. The molecule has 0 fully saturated rings. The second kappa shape index (κ2) is 7.48. The van der Waals surface area contributed by atoms with Crippen LogP contribution in [0.2, 0.25) is 5.02 Å². The monoisotopic (exact) mass is 289 g/mol. The average Bonchev–Trinajstić information content (AvgIpc) is 2.31. The third-order valence-electron chi connectivity index (χ3n) is 2.62. The summed E-state index contributed by atoms with van der Waals surface area (Å²) < 4.78 is 5.51.